The van der Waals surface area contributed by atoms with Gasteiger partial charge in [0.2, 0.25) is 0 Å². The lowest BCUT2D eigenvalue weighted by Crippen LogP contribution is -2.41. The minimum atomic E-state index is -1.05. The smallest absolute Gasteiger partial charge is 0.114 e. The van der Waals surface area contributed by atoms with Crippen LogP contribution in [0.15, 0.2) is 12.2 Å². The predicted octanol–water partition coefficient (Wildman–Crippen LogP) is 4.13. The molecule has 3 N–H and O–H groups in total. The molecule has 0 unspecified atom stereocenters. The summed E-state index contributed by atoms with van der Waals surface area (Å²) in [6.07, 6.45) is 18.1. The standard InChI is InChI=1S/C23H44O5/c1-2-3-4-5-6-7-8-9-10-11-12-13-14-15-16-17-27-21-19-28-23(22(21)26)20(25)18-24/h8-9,20-26H,2-7,10-19H2,1H3/b9-8+/t20-,21+,22+,23+/m0/s1. The number of rotatable bonds is 18. The lowest BCUT2D eigenvalue weighted by Gasteiger charge is -2.20. The summed E-state index contributed by atoms with van der Waals surface area (Å²) in [5.74, 6) is 0. The monoisotopic (exact) mass is 400 g/mol. The van der Waals surface area contributed by atoms with Crippen LogP contribution in [0.25, 0.3) is 0 Å². The van der Waals surface area contributed by atoms with E-state index in [1.54, 1.807) is 0 Å². The summed E-state index contributed by atoms with van der Waals surface area (Å²) in [6.45, 7) is 2.72. The maximum Gasteiger partial charge on any atom is 0.114 e. The summed E-state index contributed by atoms with van der Waals surface area (Å²) in [5, 5.41) is 28.6. The molecular formula is C23H44O5. The summed E-state index contributed by atoms with van der Waals surface area (Å²) < 4.78 is 11.0. The molecule has 1 rings (SSSR count). The molecule has 166 valence electrons. The Bertz CT molecular complexity index is 374. The number of hydrogen-bond acceptors (Lipinski definition) is 5. The molecule has 0 amide bonds. The van der Waals surface area contributed by atoms with E-state index in [0.29, 0.717) is 6.61 Å². The number of aliphatic hydroxyl groups excluding tert-OH is 3. The van der Waals surface area contributed by atoms with Gasteiger partial charge in [-0.25, -0.2) is 0 Å². The van der Waals surface area contributed by atoms with Gasteiger partial charge in [0.1, 0.15) is 24.4 Å². The second-order valence-electron chi connectivity index (χ2n) is 8.03. The average molecular weight is 401 g/mol. The zero-order chi connectivity index (χ0) is 20.5. The molecule has 28 heavy (non-hydrogen) atoms. The molecule has 1 aliphatic rings. The van der Waals surface area contributed by atoms with E-state index in [4.69, 9.17) is 14.6 Å². The van der Waals surface area contributed by atoms with Crippen molar-refractivity contribution in [1.29, 1.82) is 0 Å². The van der Waals surface area contributed by atoms with Gasteiger partial charge in [0.15, 0.2) is 0 Å². The second kappa shape index (κ2) is 17.4. The molecule has 5 heteroatoms. The Hall–Kier alpha value is -0.460. The summed E-state index contributed by atoms with van der Waals surface area (Å²) in [6, 6.07) is 0. The molecule has 1 fully saturated rings. The lowest BCUT2D eigenvalue weighted by atomic mass is 10.1. The fraction of sp³-hybridized carbons (Fsp3) is 0.913. The van der Waals surface area contributed by atoms with Crippen molar-refractivity contribution in [2.45, 2.75) is 115 Å². The molecule has 0 saturated carbocycles. The van der Waals surface area contributed by atoms with E-state index in [9.17, 15) is 10.2 Å². The van der Waals surface area contributed by atoms with Gasteiger partial charge in [-0.05, 0) is 32.1 Å². The number of unbranched alkanes of at least 4 members (excludes halogenated alkanes) is 11. The van der Waals surface area contributed by atoms with E-state index in [1.165, 1.54) is 70.6 Å². The first-order chi connectivity index (χ1) is 13.7. The van der Waals surface area contributed by atoms with Gasteiger partial charge in [-0.2, -0.15) is 0 Å². The first-order valence-corrected chi connectivity index (χ1v) is 11.6. The molecule has 1 saturated heterocycles. The summed E-state index contributed by atoms with van der Waals surface area (Å²) in [7, 11) is 0. The van der Waals surface area contributed by atoms with Gasteiger partial charge < -0.3 is 24.8 Å². The Labute approximate surface area is 172 Å². The molecule has 0 bridgehead atoms. The van der Waals surface area contributed by atoms with Crippen molar-refractivity contribution in [2.75, 3.05) is 19.8 Å². The Morgan fingerprint density at radius 3 is 2.11 bits per heavy atom. The van der Waals surface area contributed by atoms with Crippen molar-refractivity contribution in [3.8, 4) is 0 Å². The summed E-state index contributed by atoms with van der Waals surface area (Å²) in [5.41, 5.74) is 0. The lowest BCUT2D eigenvalue weighted by molar-refractivity contribution is -0.0730. The van der Waals surface area contributed by atoms with Crippen molar-refractivity contribution in [1.82, 2.24) is 0 Å². The Kier molecular flexibility index (Phi) is 15.9. The minimum absolute atomic E-state index is 0.273. The fourth-order valence-corrected chi connectivity index (χ4v) is 3.61. The van der Waals surface area contributed by atoms with Gasteiger partial charge >= 0.3 is 0 Å². The number of allylic oxidation sites excluding steroid dienone is 2. The zero-order valence-corrected chi connectivity index (χ0v) is 17.9. The summed E-state index contributed by atoms with van der Waals surface area (Å²) in [4.78, 5) is 0. The van der Waals surface area contributed by atoms with Gasteiger partial charge in [-0.1, -0.05) is 70.4 Å². The highest BCUT2D eigenvalue weighted by Crippen LogP contribution is 2.20. The van der Waals surface area contributed by atoms with Crippen molar-refractivity contribution < 1.29 is 24.8 Å². The summed E-state index contributed by atoms with van der Waals surface area (Å²) >= 11 is 0. The van der Waals surface area contributed by atoms with Crippen LogP contribution in [-0.2, 0) is 9.47 Å². The van der Waals surface area contributed by atoms with Crippen LogP contribution in [0.2, 0.25) is 0 Å². The number of aliphatic hydroxyl groups is 3. The second-order valence-corrected chi connectivity index (χ2v) is 8.03. The van der Waals surface area contributed by atoms with E-state index < -0.39 is 31.0 Å². The largest absolute Gasteiger partial charge is 0.394 e. The molecule has 4 atom stereocenters. The van der Waals surface area contributed by atoms with E-state index >= 15 is 0 Å². The van der Waals surface area contributed by atoms with Crippen molar-refractivity contribution in [3.63, 3.8) is 0 Å². The van der Waals surface area contributed by atoms with Gasteiger partial charge in [-0.3, -0.25) is 0 Å². The first-order valence-electron chi connectivity index (χ1n) is 11.6. The van der Waals surface area contributed by atoms with Crippen LogP contribution in [0, 0.1) is 0 Å². The van der Waals surface area contributed by atoms with Crippen LogP contribution < -0.4 is 0 Å². The zero-order valence-electron chi connectivity index (χ0n) is 17.9. The van der Waals surface area contributed by atoms with Crippen LogP contribution in [0.3, 0.4) is 0 Å². The van der Waals surface area contributed by atoms with Crippen LogP contribution in [-0.4, -0.2) is 59.6 Å². The van der Waals surface area contributed by atoms with Crippen molar-refractivity contribution in [2.24, 2.45) is 0 Å². The van der Waals surface area contributed by atoms with Crippen LogP contribution in [0.4, 0.5) is 0 Å². The molecule has 5 nitrogen and oxygen atoms in total. The van der Waals surface area contributed by atoms with Crippen molar-refractivity contribution >= 4 is 0 Å². The molecule has 0 radical (unpaired) electrons. The van der Waals surface area contributed by atoms with E-state index in [2.05, 4.69) is 19.1 Å². The third-order valence-electron chi connectivity index (χ3n) is 5.47. The van der Waals surface area contributed by atoms with Gasteiger partial charge in [0.25, 0.3) is 0 Å². The maximum absolute atomic E-state index is 10.0. The molecule has 0 aromatic carbocycles. The van der Waals surface area contributed by atoms with Crippen LogP contribution in [0.1, 0.15) is 90.4 Å². The molecule has 1 aliphatic heterocycles. The van der Waals surface area contributed by atoms with E-state index in [1.807, 2.05) is 0 Å². The third kappa shape index (κ3) is 11.5. The van der Waals surface area contributed by atoms with Gasteiger partial charge in [0.05, 0.1) is 13.2 Å². The number of hydrogen-bond donors (Lipinski definition) is 3. The predicted molar refractivity (Wildman–Crippen MR) is 113 cm³/mol. The molecule has 1 heterocycles. The van der Waals surface area contributed by atoms with Crippen LogP contribution in [0.5, 0.6) is 0 Å². The Morgan fingerprint density at radius 1 is 0.929 bits per heavy atom. The normalized spacial score (nSPS) is 23.6. The highest BCUT2D eigenvalue weighted by molar-refractivity contribution is 4.88. The van der Waals surface area contributed by atoms with Gasteiger partial charge in [0, 0.05) is 6.61 Å². The average Bonchev–Trinajstić information content (AvgIpc) is 3.07. The number of ether oxygens (including phenoxy) is 2. The Balaban J connectivity index is 1.85. The van der Waals surface area contributed by atoms with Gasteiger partial charge in [-0.15, -0.1) is 0 Å². The fourth-order valence-electron chi connectivity index (χ4n) is 3.61. The molecule has 0 aliphatic carbocycles. The molecule has 0 aromatic heterocycles. The SMILES string of the molecule is CCCCCCC/C=C/CCCCCCCCO[C@@H]1CO[C@H]([C@@H](O)CO)[C@@H]1O. The highest BCUT2D eigenvalue weighted by Gasteiger charge is 2.40. The molecule has 0 aromatic rings. The topological polar surface area (TPSA) is 79.2 Å². The van der Waals surface area contributed by atoms with Crippen molar-refractivity contribution in [3.05, 3.63) is 12.2 Å². The maximum atomic E-state index is 10.0. The van der Waals surface area contributed by atoms with Crippen LogP contribution >= 0.6 is 0 Å². The van der Waals surface area contributed by atoms with E-state index in [0.717, 1.165) is 12.8 Å². The minimum Gasteiger partial charge on any atom is -0.394 e. The van der Waals surface area contributed by atoms with E-state index in [-0.39, 0.29) is 6.61 Å². The first kappa shape index (κ1) is 25.6. The highest BCUT2D eigenvalue weighted by atomic mass is 16.6. The Morgan fingerprint density at radius 2 is 1.50 bits per heavy atom. The molecule has 0 spiro atoms. The molecular weight excluding hydrogens is 356 g/mol. The third-order valence-corrected chi connectivity index (χ3v) is 5.47. The quantitative estimate of drug-likeness (QED) is 0.238.